The molecule has 1 heterocycles. The molecule has 0 spiro atoms. The fourth-order valence-electron chi connectivity index (χ4n) is 2.38. The zero-order chi connectivity index (χ0) is 18.1. The Labute approximate surface area is 150 Å². The van der Waals surface area contributed by atoms with E-state index in [0.29, 0.717) is 11.8 Å². The first-order chi connectivity index (χ1) is 12.0. The van der Waals surface area contributed by atoms with Crippen LogP contribution < -0.4 is 15.4 Å². The molecule has 140 valence electrons. The molecule has 1 aromatic carbocycles. The van der Waals surface area contributed by atoms with E-state index in [1.54, 1.807) is 12.1 Å². The summed E-state index contributed by atoms with van der Waals surface area (Å²) in [7, 11) is 0. The van der Waals surface area contributed by atoms with Crippen LogP contribution in [0, 0.1) is 0 Å². The Morgan fingerprint density at radius 3 is 2.64 bits per heavy atom. The van der Waals surface area contributed by atoms with Crippen LogP contribution in [0.3, 0.4) is 0 Å². The predicted octanol–water partition coefficient (Wildman–Crippen LogP) is 3.58. The van der Waals surface area contributed by atoms with E-state index < -0.39 is 12.8 Å². The average Bonchev–Trinajstić information content (AvgIpc) is 3.09. The minimum atomic E-state index is -4.33. The maximum Gasteiger partial charge on any atom is 0.422 e. The molecule has 0 bridgehead atoms. The van der Waals surface area contributed by atoms with Gasteiger partial charge in [0.1, 0.15) is 5.75 Å². The first kappa shape index (κ1) is 19.8. The van der Waals surface area contributed by atoms with Crippen molar-refractivity contribution >= 4 is 17.7 Å². The second kappa shape index (κ2) is 9.79. The molecule has 25 heavy (non-hydrogen) atoms. The molecule has 8 heteroatoms. The van der Waals surface area contributed by atoms with Gasteiger partial charge in [0.25, 0.3) is 0 Å². The Kier molecular flexibility index (Phi) is 7.74. The summed E-state index contributed by atoms with van der Waals surface area (Å²) in [5.74, 6) is 2.18. The molecular formula is C17H24F3N3OS. The summed E-state index contributed by atoms with van der Waals surface area (Å²) in [6.07, 6.45) is -1.82. The summed E-state index contributed by atoms with van der Waals surface area (Å²) < 4.78 is 41.1. The number of nitrogens with one attached hydrogen (secondary N) is 2. The van der Waals surface area contributed by atoms with Gasteiger partial charge in [0.05, 0.1) is 6.54 Å². The van der Waals surface area contributed by atoms with Crippen LogP contribution in [-0.4, -0.2) is 42.8 Å². The fourth-order valence-corrected chi connectivity index (χ4v) is 3.59. The van der Waals surface area contributed by atoms with Crippen LogP contribution >= 0.6 is 11.8 Å². The molecule has 2 rings (SSSR count). The second-order valence-electron chi connectivity index (χ2n) is 5.76. The van der Waals surface area contributed by atoms with Gasteiger partial charge in [-0.05, 0) is 43.2 Å². The SMILES string of the molecule is CCNC(=NCc1ccc(OCC(F)(F)F)cc1)NCC1CCCS1. The van der Waals surface area contributed by atoms with Crippen molar-refractivity contribution in [2.75, 3.05) is 25.4 Å². The highest BCUT2D eigenvalue weighted by Gasteiger charge is 2.28. The van der Waals surface area contributed by atoms with Crippen LogP contribution in [0.5, 0.6) is 5.75 Å². The highest BCUT2D eigenvalue weighted by Crippen LogP contribution is 2.25. The third kappa shape index (κ3) is 7.90. The maximum absolute atomic E-state index is 12.1. The molecule has 1 aromatic rings. The first-order valence-electron chi connectivity index (χ1n) is 8.38. The summed E-state index contributed by atoms with van der Waals surface area (Å²) in [6, 6.07) is 6.52. The molecule has 1 atom stereocenters. The molecular weight excluding hydrogens is 351 g/mol. The Balaban J connectivity index is 1.83. The van der Waals surface area contributed by atoms with Crippen LogP contribution in [0.2, 0.25) is 0 Å². The molecule has 0 aromatic heterocycles. The predicted molar refractivity (Wildman–Crippen MR) is 96.3 cm³/mol. The number of nitrogens with zero attached hydrogens (tertiary/aromatic N) is 1. The lowest BCUT2D eigenvalue weighted by Crippen LogP contribution is -2.40. The quantitative estimate of drug-likeness (QED) is 0.565. The Hall–Kier alpha value is -1.57. The fraction of sp³-hybridized carbons (Fsp3) is 0.588. The third-order valence-corrected chi connectivity index (χ3v) is 5.01. The lowest BCUT2D eigenvalue weighted by molar-refractivity contribution is -0.153. The molecule has 0 radical (unpaired) electrons. The number of hydrogen-bond acceptors (Lipinski definition) is 3. The molecule has 1 fully saturated rings. The molecule has 0 aliphatic carbocycles. The third-order valence-electron chi connectivity index (χ3n) is 3.61. The van der Waals surface area contributed by atoms with Gasteiger partial charge in [0.2, 0.25) is 0 Å². The minimum absolute atomic E-state index is 0.202. The Bertz CT molecular complexity index is 543. The van der Waals surface area contributed by atoms with E-state index in [-0.39, 0.29) is 5.75 Å². The molecule has 4 nitrogen and oxygen atoms in total. The molecule has 1 aliphatic heterocycles. The van der Waals surface area contributed by atoms with Gasteiger partial charge >= 0.3 is 6.18 Å². The van der Waals surface area contributed by atoms with E-state index >= 15 is 0 Å². The normalized spacial score (nSPS) is 18.2. The highest BCUT2D eigenvalue weighted by atomic mass is 32.2. The smallest absolute Gasteiger partial charge is 0.422 e. The molecule has 1 unspecified atom stereocenters. The van der Waals surface area contributed by atoms with E-state index in [1.165, 1.54) is 30.7 Å². The van der Waals surface area contributed by atoms with E-state index in [0.717, 1.165) is 24.6 Å². The molecule has 1 aliphatic rings. The number of alkyl halides is 3. The second-order valence-corrected chi connectivity index (χ2v) is 7.17. The van der Waals surface area contributed by atoms with E-state index in [1.807, 2.05) is 18.7 Å². The zero-order valence-corrected chi connectivity index (χ0v) is 15.1. The maximum atomic E-state index is 12.1. The minimum Gasteiger partial charge on any atom is -0.484 e. The van der Waals surface area contributed by atoms with Gasteiger partial charge in [0.15, 0.2) is 12.6 Å². The lowest BCUT2D eigenvalue weighted by atomic mass is 10.2. The van der Waals surface area contributed by atoms with Gasteiger partial charge in [-0.3, -0.25) is 0 Å². The number of rotatable bonds is 7. The van der Waals surface area contributed by atoms with E-state index in [2.05, 4.69) is 15.6 Å². The average molecular weight is 375 g/mol. The van der Waals surface area contributed by atoms with Gasteiger partial charge in [-0.1, -0.05) is 12.1 Å². The van der Waals surface area contributed by atoms with Crippen molar-refractivity contribution in [3.8, 4) is 5.75 Å². The number of hydrogen-bond donors (Lipinski definition) is 2. The van der Waals surface area contributed by atoms with Crippen molar-refractivity contribution in [3.05, 3.63) is 29.8 Å². The van der Waals surface area contributed by atoms with Crippen molar-refractivity contribution in [2.24, 2.45) is 4.99 Å². The van der Waals surface area contributed by atoms with Crippen LogP contribution in [0.1, 0.15) is 25.3 Å². The summed E-state index contributed by atoms with van der Waals surface area (Å²) >= 11 is 1.99. The van der Waals surface area contributed by atoms with E-state index in [9.17, 15) is 13.2 Å². The number of ether oxygens (including phenoxy) is 1. The molecule has 1 saturated heterocycles. The Morgan fingerprint density at radius 2 is 2.04 bits per heavy atom. The standard InChI is InChI=1S/C17H24F3N3OS/c1-2-21-16(23-11-15-4-3-9-25-15)22-10-13-5-7-14(8-6-13)24-12-17(18,19)20/h5-8,15H,2-4,9-12H2,1H3,(H2,21,22,23). The van der Waals surface area contributed by atoms with E-state index in [4.69, 9.17) is 4.74 Å². The van der Waals surface area contributed by atoms with Crippen molar-refractivity contribution in [1.29, 1.82) is 0 Å². The topological polar surface area (TPSA) is 45.7 Å². The Morgan fingerprint density at radius 1 is 1.28 bits per heavy atom. The first-order valence-corrected chi connectivity index (χ1v) is 9.43. The summed E-state index contributed by atoms with van der Waals surface area (Å²) in [4.78, 5) is 4.52. The van der Waals surface area contributed by atoms with Crippen molar-refractivity contribution in [3.63, 3.8) is 0 Å². The number of thioether (sulfide) groups is 1. The van der Waals surface area contributed by atoms with Gasteiger partial charge in [-0.2, -0.15) is 24.9 Å². The van der Waals surface area contributed by atoms with Gasteiger partial charge in [0, 0.05) is 18.3 Å². The van der Waals surface area contributed by atoms with Gasteiger partial charge in [-0.15, -0.1) is 0 Å². The summed E-state index contributed by atoms with van der Waals surface area (Å²) in [5, 5.41) is 7.19. The van der Waals surface area contributed by atoms with Crippen LogP contribution in [0.25, 0.3) is 0 Å². The van der Waals surface area contributed by atoms with Crippen molar-refractivity contribution < 1.29 is 17.9 Å². The molecule has 0 saturated carbocycles. The molecule has 2 N–H and O–H groups in total. The number of aliphatic imine (C=N–C) groups is 1. The molecule has 0 amide bonds. The number of guanidine groups is 1. The largest absolute Gasteiger partial charge is 0.484 e. The highest BCUT2D eigenvalue weighted by molar-refractivity contribution is 8.00. The van der Waals surface area contributed by atoms with Gasteiger partial charge in [-0.25, -0.2) is 4.99 Å². The number of halogens is 3. The zero-order valence-electron chi connectivity index (χ0n) is 14.2. The summed E-state index contributed by atoms with van der Waals surface area (Å²) in [5.41, 5.74) is 0.909. The van der Waals surface area contributed by atoms with Crippen LogP contribution in [-0.2, 0) is 6.54 Å². The van der Waals surface area contributed by atoms with Crippen molar-refractivity contribution in [2.45, 2.75) is 37.7 Å². The summed E-state index contributed by atoms with van der Waals surface area (Å²) in [6.45, 7) is 2.84. The lowest BCUT2D eigenvalue weighted by Gasteiger charge is -2.14. The van der Waals surface area contributed by atoms with Crippen molar-refractivity contribution in [1.82, 2.24) is 10.6 Å². The van der Waals surface area contributed by atoms with Gasteiger partial charge < -0.3 is 15.4 Å². The monoisotopic (exact) mass is 375 g/mol. The van der Waals surface area contributed by atoms with Crippen LogP contribution in [0.15, 0.2) is 29.3 Å². The van der Waals surface area contributed by atoms with Crippen LogP contribution in [0.4, 0.5) is 13.2 Å². The number of benzene rings is 1.